The summed E-state index contributed by atoms with van der Waals surface area (Å²) in [7, 11) is 0. The number of carboxylic acid groups (broad SMARTS) is 1. The fourth-order valence-corrected chi connectivity index (χ4v) is 4.52. The minimum Gasteiger partial charge on any atom is -0.598 e. The summed E-state index contributed by atoms with van der Waals surface area (Å²) in [6.45, 7) is 7.17. The SMILES string of the molecule is CC(C)(C)[S+]([O-])NC1CCCCC12CCN(C(=O)O)CC2. The van der Waals surface area contributed by atoms with E-state index in [1.807, 2.05) is 20.8 Å². The normalized spacial score (nSPS) is 27.6. The van der Waals surface area contributed by atoms with Gasteiger partial charge in [-0.3, -0.25) is 0 Å². The first-order chi connectivity index (χ1) is 9.74. The van der Waals surface area contributed by atoms with Crippen LogP contribution < -0.4 is 4.72 Å². The van der Waals surface area contributed by atoms with Gasteiger partial charge in [-0.25, -0.2) is 4.79 Å². The quantitative estimate of drug-likeness (QED) is 0.768. The summed E-state index contributed by atoms with van der Waals surface area (Å²) in [5.41, 5.74) is 0.130. The summed E-state index contributed by atoms with van der Waals surface area (Å²) in [6, 6.07) is 0.252. The number of likely N-dealkylation sites (tertiary alicyclic amines) is 1. The molecule has 1 aliphatic carbocycles. The van der Waals surface area contributed by atoms with Crippen molar-refractivity contribution >= 4 is 17.5 Å². The largest absolute Gasteiger partial charge is 0.598 e. The lowest BCUT2D eigenvalue weighted by Crippen LogP contribution is -2.57. The molecule has 1 saturated carbocycles. The van der Waals surface area contributed by atoms with Crippen LogP contribution in [0.4, 0.5) is 4.79 Å². The molecule has 2 fully saturated rings. The molecule has 1 saturated heterocycles. The van der Waals surface area contributed by atoms with E-state index in [1.165, 1.54) is 17.7 Å². The van der Waals surface area contributed by atoms with Crippen molar-refractivity contribution in [2.45, 2.75) is 70.1 Å². The number of amides is 1. The molecule has 1 amide bonds. The fraction of sp³-hybridized carbons (Fsp3) is 0.933. The van der Waals surface area contributed by atoms with Gasteiger partial charge >= 0.3 is 6.09 Å². The first kappa shape index (κ1) is 16.9. The van der Waals surface area contributed by atoms with Gasteiger partial charge in [0.05, 0.1) is 6.04 Å². The van der Waals surface area contributed by atoms with E-state index in [9.17, 15) is 9.35 Å². The first-order valence-corrected chi connectivity index (χ1v) is 9.05. The van der Waals surface area contributed by atoms with Gasteiger partial charge in [-0.05, 0) is 51.9 Å². The Kier molecular flexibility index (Phi) is 5.11. The second-order valence-electron chi connectivity index (χ2n) is 7.43. The third-order valence-corrected chi connectivity index (χ3v) is 6.60. The molecule has 1 aliphatic heterocycles. The molecule has 2 aliphatic rings. The lowest BCUT2D eigenvalue weighted by Gasteiger charge is -2.49. The lowest BCUT2D eigenvalue weighted by molar-refractivity contribution is 0.0438. The van der Waals surface area contributed by atoms with Crippen molar-refractivity contribution in [3.05, 3.63) is 0 Å². The molecule has 2 atom stereocenters. The Morgan fingerprint density at radius 3 is 2.43 bits per heavy atom. The highest BCUT2D eigenvalue weighted by molar-refractivity contribution is 7.90. The smallest absolute Gasteiger partial charge is 0.407 e. The monoisotopic (exact) mass is 316 g/mol. The summed E-state index contributed by atoms with van der Waals surface area (Å²) < 4.78 is 15.5. The lowest BCUT2D eigenvalue weighted by atomic mass is 9.65. The third-order valence-electron chi connectivity index (χ3n) is 4.99. The average molecular weight is 316 g/mol. The van der Waals surface area contributed by atoms with E-state index in [4.69, 9.17) is 5.11 Å². The highest BCUT2D eigenvalue weighted by Crippen LogP contribution is 2.45. The van der Waals surface area contributed by atoms with E-state index in [0.717, 1.165) is 25.7 Å². The number of hydrogen-bond acceptors (Lipinski definition) is 3. The topological polar surface area (TPSA) is 75.6 Å². The maximum absolute atomic E-state index is 12.4. The van der Waals surface area contributed by atoms with Crippen LogP contribution in [0.2, 0.25) is 0 Å². The molecule has 0 aromatic carbocycles. The second kappa shape index (κ2) is 6.34. The molecule has 0 aromatic heterocycles. The van der Waals surface area contributed by atoms with Crippen LogP contribution >= 0.6 is 0 Å². The molecule has 2 rings (SSSR count). The summed E-state index contributed by atoms with van der Waals surface area (Å²) in [4.78, 5) is 12.6. The van der Waals surface area contributed by atoms with Gasteiger partial charge in [-0.2, -0.15) is 0 Å². The van der Waals surface area contributed by atoms with Gasteiger partial charge in [-0.1, -0.05) is 12.8 Å². The molecule has 6 heteroatoms. The molecule has 0 aromatic rings. The van der Waals surface area contributed by atoms with Gasteiger partial charge in [0.1, 0.15) is 4.75 Å². The third kappa shape index (κ3) is 3.85. The number of hydrogen-bond donors (Lipinski definition) is 2. The Morgan fingerprint density at radius 2 is 1.90 bits per heavy atom. The number of nitrogens with zero attached hydrogens (tertiary/aromatic N) is 1. The zero-order valence-electron chi connectivity index (χ0n) is 13.4. The minimum absolute atomic E-state index is 0.130. The van der Waals surface area contributed by atoms with Crippen LogP contribution in [0.15, 0.2) is 0 Å². The van der Waals surface area contributed by atoms with Gasteiger partial charge in [-0.15, -0.1) is 4.72 Å². The summed E-state index contributed by atoms with van der Waals surface area (Å²) in [5.74, 6) is 0. The molecule has 1 heterocycles. The summed E-state index contributed by atoms with van der Waals surface area (Å²) in [6.07, 6.45) is 5.50. The Labute approximate surface area is 130 Å². The number of rotatable bonds is 2. The van der Waals surface area contributed by atoms with Crippen LogP contribution in [0.3, 0.4) is 0 Å². The van der Waals surface area contributed by atoms with Gasteiger partial charge in [0, 0.05) is 24.5 Å². The molecule has 1 spiro atoms. The van der Waals surface area contributed by atoms with Crippen LogP contribution in [0, 0.1) is 5.41 Å². The van der Waals surface area contributed by atoms with E-state index in [0.29, 0.717) is 13.1 Å². The Hall–Kier alpha value is -0.460. The number of carbonyl (C=O) groups is 1. The molecule has 2 N–H and O–H groups in total. The predicted octanol–water partition coefficient (Wildman–Crippen LogP) is 2.74. The van der Waals surface area contributed by atoms with E-state index >= 15 is 0 Å². The molecule has 21 heavy (non-hydrogen) atoms. The van der Waals surface area contributed by atoms with Gasteiger partial charge in [0.2, 0.25) is 0 Å². The zero-order valence-corrected chi connectivity index (χ0v) is 14.2. The molecule has 0 bridgehead atoms. The van der Waals surface area contributed by atoms with Crippen LogP contribution in [0.1, 0.15) is 59.3 Å². The van der Waals surface area contributed by atoms with Crippen LogP contribution in [0.25, 0.3) is 0 Å². The predicted molar refractivity (Wildman–Crippen MR) is 84.6 cm³/mol. The maximum Gasteiger partial charge on any atom is 0.407 e. The van der Waals surface area contributed by atoms with E-state index in [-0.39, 0.29) is 16.2 Å². The van der Waals surface area contributed by atoms with Crippen molar-refractivity contribution in [3.63, 3.8) is 0 Å². The molecular weight excluding hydrogens is 288 g/mol. The zero-order chi connectivity index (χ0) is 15.7. The van der Waals surface area contributed by atoms with Crippen molar-refractivity contribution in [1.82, 2.24) is 9.62 Å². The van der Waals surface area contributed by atoms with Crippen molar-refractivity contribution in [3.8, 4) is 0 Å². The Balaban J connectivity index is 2.04. The van der Waals surface area contributed by atoms with E-state index in [2.05, 4.69) is 4.72 Å². The van der Waals surface area contributed by atoms with Gasteiger partial charge in [0.15, 0.2) is 0 Å². The Bertz CT molecular complexity index is 376. The van der Waals surface area contributed by atoms with Gasteiger partial charge in [0.25, 0.3) is 0 Å². The average Bonchev–Trinajstić information content (AvgIpc) is 2.41. The van der Waals surface area contributed by atoms with Crippen LogP contribution in [-0.2, 0) is 11.4 Å². The van der Waals surface area contributed by atoms with Crippen LogP contribution in [-0.4, -0.2) is 44.5 Å². The molecule has 0 radical (unpaired) electrons. The van der Waals surface area contributed by atoms with Crippen molar-refractivity contribution < 1.29 is 14.5 Å². The molecule has 2 unspecified atom stereocenters. The second-order valence-corrected chi connectivity index (χ2v) is 9.43. The minimum atomic E-state index is -1.06. The number of piperidine rings is 1. The molecule has 122 valence electrons. The molecule has 5 nitrogen and oxygen atoms in total. The first-order valence-electron chi connectivity index (χ1n) is 7.90. The van der Waals surface area contributed by atoms with E-state index in [1.54, 1.807) is 0 Å². The highest BCUT2D eigenvalue weighted by Gasteiger charge is 2.46. The van der Waals surface area contributed by atoms with Crippen LogP contribution in [0.5, 0.6) is 0 Å². The summed E-state index contributed by atoms with van der Waals surface area (Å²) in [5, 5.41) is 9.10. The standard InChI is InChI=1S/C15H28N2O3S/c1-14(2,3)21(20)16-12-6-4-5-7-15(12)8-10-17(11-9-15)13(18)19/h12,16H,4-11H2,1-3H3,(H,18,19). The highest BCUT2D eigenvalue weighted by atomic mass is 32.2. The van der Waals surface area contributed by atoms with Gasteiger partial charge < -0.3 is 14.6 Å². The van der Waals surface area contributed by atoms with Crippen molar-refractivity contribution in [2.24, 2.45) is 5.41 Å². The number of nitrogens with one attached hydrogen (secondary N) is 1. The van der Waals surface area contributed by atoms with E-state index < -0.39 is 17.5 Å². The fourth-order valence-electron chi connectivity index (χ4n) is 3.54. The van der Waals surface area contributed by atoms with Crippen molar-refractivity contribution in [2.75, 3.05) is 13.1 Å². The Morgan fingerprint density at radius 1 is 1.29 bits per heavy atom. The van der Waals surface area contributed by atoms with Crippen molar-refractivity contribution in [1.29, 1.82) is 0 Å². The molecular formula is C15H28N2O3S. The maximum atomic E-state index is 12.4. The summed E-state index contributed by atoms with van der Waals surface area (Å²) >= 11 is -1.06.